The van der Waals surface area contributed by atoms with Gasteiger partial charge in [-0.25, -0.2) is 0 Å². The van der Waals surface area contributed by atoms with Crippen LogP contribution in [0.1, 0.15) is 25.0 Å². The van der Waals surface area contributed by atoms with E-state index >= 15 is 0 Å². The fourth-order valence-electron chi connectivity index (χ4n) is 7.80. The lowest BCUT2D eigenvalue weighted by atomic mass is 9.81. The zero-order chi connectivity index (χ0) is 30.8. The highest BCUT2D eigenvalue weighted by Crippen LogP contribution is 2.50. The summed E-state index contributed by atoms with van der Waals surface area (Å²) in [7, 11) is 0. The molecule has 0 saturated carbocycles. The Kier molecular flexibility index (Phi) is 5.92. The van der Waals surface area contributed by atoms with Crippen LogP contribution in [0.2, 0.25) is 0 Å². The molecule has 0 bridgehead atoms. The third-order valence-corrected chi connectivity index (χ3v) is 10.0. The van der Waals surface area contributed by atoms with Crippen LogP contribution in [0.25, 0.3) is 72.0 Å². The van der Waals surface area contributed by atoms with Crippen LogP contribution in [0.4, 0.5) is 0 Å². The molecular formula is C45H33N. The van der Waals surface area contributed by atoms with Crippen LogP contribution in [0.3, 0.4) is 0 Å². The topological polar surface area (TPSA) is 4.93 Å². The van der Waals surface area contributed by atoms with E-state index in [1.807, 2.05) is 0 Å². The van der Waals surface area contributed by atoms with Crippen molar-refractivity contribution < 1.29 is 0 Å². The molecule has 9 rings (SSSR count). The van der Waals surface area contributed by atoms with Gasteiger partial charge >= 0.3 is 0 Å². The summed E-state index contributed by atoms with van der Waals surface area (Å²) >= 11 is 0. The maximum atomic E-state index is 2.46. The molecule has 1 aliphatic rings. The highest BCUT2D eigenvalue weighted by Gasteiger charge is 2.35. The van der Waals surface area contributed by atoms with Crippen LogP contribution < -0.4 is 0 Å². The Morgan fingerprint density at radius 1 is 0.391 bits per heavy atom. The molecule has 1 aliphatic carbocycles. The molecule has 1 heteroatoms. The Balaban J connectivity index is 1.28. The van der Waals surface area contributed by atoms with E-state index in [4.69, 9.17) is 0 Å². The van der Waals surface area contributed by atoms with Crippen molar-refractivity contribution in [3.63, 3.8) is 0 Å². The van der Waals surface area contributed by atoms with Crippen LogP contribution in [0.5, 0.6) is 0 Å². The number of aromatic nitrogens is 1. The van der Waals surface area contributed by atoms with Gasteiger partial charge in [-0.05, 0) is 74.3 Å². The molecule has 0 N–H and O–H groups in total. The van der Waals surface area contributed by atoms with Crippen molar-refractivity contribution in [2.45, 2.75) is 19.3 Å². The van der Waals surface area contributed by atoms with Gasteiger partial charge in [0.2, 0.25) is 0 Å². The Bertz CT molecular complexity index is 2440. The molecule has 0 amide bonds. The summed E-state index contributed by atoms with van der Waals surface area (Å²) in [6.07, 6.45) is 0. The summed E-state index contributed by atoms with van der Waals surface area (Å²) in [6, 6.07) is 60.1. The first-order valence-corrected chi connectivity index (χ1v) is 16.1. The fourth-order valence-corrected chi connectivity index (χ4v) is 7.80. The van der Waals surface area contributed by atoms with Crippen LogP contribution in [0, 0.1) is 0 Å². The second-order valence-electron chi connectivity index (χ2n) is 12.9. The summed E-state index contributed by atoms with van der Waals surface area (Å²) in [5, 5.41) is 2.53. The molecule has 1 aromatic heterocycles. The standard InChI is InChI=1S/C45H33N/c1-45(2)41-24-10-8-20-36(41)37-27-26-32(29-42(37)45)34-18-6-7-19-35(34)39-22-13-23-40-38-21-9-11-25-43(38)46(44(39)40)33-17-12-16-31(28-33)30-14-4-3-5-15-30/h3-29H,1-2H3. The first kappa shape index (κ1) is 26.7. The van der Waals surface area contributed by atoms with Gasteiger partial charge in [0.25, 0.3) is 0 Å². The van der Waals surface area contributed by atoms with Crippen molar-refractivity contribution in [3.8, 4) is 50.2 Å². The zero-order valence-corrected chi connectivity index (χ0v) is 26.0. The smallest absolute Gasteiger partial charge is 0.0619 e. The second-order valence-corrected chi connectivity index (χ2v) is 12.9. The van der Waals surface area contributed by atoms with E-state index in [0.717, 1.165) is 5.69 Å². The van der Waals surface area contributed by atoms with Gasteiger partial charge in [-0.1, -0.05) is 153 Å². The minimum Gasteiger partial charge on any atom is -0.309 e. The van der Waals surface area contributed by atoms with E-state index in [0.29, 0.717) is 0 Å². The number of benzene rings is 7. The molecule has 0 fully saturated rings. The van der Waals surface area contributed by atoms with Crippen molar-refractivity contribution in [1.29, 1.82) is 0 Å². The normalized spacial score (nSPS) is 13.2. The van der Waals surface area contributed by atoms with E-state index in [9.17, 15) is 0 Å². The number of para-hydroxylation sites is 2. The number of hydrogen-bond acceptors (Lipinski definition) is 0. The molecule has 0 unspecified atom stereocenters. The molecule has 0 atom stereocenters. The lowest BCUT2D eigenvalue weighted by Gasteiger charge is -2.22. The first-order valence-electron chi connectivity index (χ1n) is 16.1. The predicted molar refractivity (Wildman–Crippen MR) is 195 cm³/mol. The summed E-state index contributed by atoms with van der Waals surface area (Å²) in [5.41, 5.74) is 16.5. The number of fused-ring (bicyclic) bond motifs is 6. The van der Waals surface area contributed by atoms with Gasteiger partial charge in [0.1, 0.15) is 0 Å². The molecule has 1 nitrogen and oxygen atoms in total. The summed E-state index contributed by atoms with van der Waals surface area (Å²) in [6.45, 7) is 4.71. The molecule has 46 heavy (non-hydrogen) atoms. The minimum absolute atomic E-state index is 0.0485. The SMILES string of the molecule is CC1(C)c2ccccc2-c2ccc(-c3ccccc3-c3cccc4c5ccccc5n(-c5cccc(-c6ccccc6)c5)c34)cc21. The van der Waals surface area contributed by atoms with Crippen molar-refractivity contribution in [2.24, 2.45) is 0 Å². The predicted octanol–water partition coefficient (Wildman–Crippen LogP) is 12.1. The van der Waals surface area contributed by atoms with E-state index in [-0.39, 0.29) is 5.41 Å². The van der Waals surface area contributed by atoms with Gasteiger partial charge in [0, 0.05) is 27.4 Å². The Labute approximate surface area is 270 Å². The monoisotopic (exact) mass is 587 g/mol. The van der Waals surface area contributed by atoms with Crippen LogP contribution in [0.15, 0.2) is 164 Å². The highest BCUT2D eigenvalue weighted by molar-refractivity contribution is 6.14. The molecule has 1 heterocycles. The maximum Gasteiger partial charge on any atom is 0.0619 e. The van der Waals surface area contributed by atoms with Gasteiger partial charge in [-0.3, -0.25) is 0 Å². The Hall–Kier alpha value is -5.66. The molecule has 218 valence electrons. The quantitative estimate of drug-likeness (QED) is 0.193. The summed E-state index contributed by atoms with van der Waals surface area (Å²) in [4.78, 5) is 0. The lowest BCUT2D eigenvalue weighted by molar-refractivity contribution is 0.660. The third kappa shape index (κ3) is 3.95. The van der Waals surface area contributed by atoms with Crippen molar-refractivity contribution in [2.75, 3.05) is 0 Å². The number of hydrogen-bond donors (Lipinski definition) is 0. The molecule has 8 aromatic rings. The van der Waals surface area contributed by atoms with Crippen molar-refractivity contribution >= 4 is 21.8 Å². The van der Waals surface area contributed by atoms with Gasteiger partial charge in [-0.2, -0.15) is 0 Å². The van der Waals surface area contributed by atoms with Gasteiger partial charge in [0.05, 0.1) is 11.0 Å². The largest absolute Gasteiger partial charge is 0.309 e. The van der Waals surface area contributed by atoms with Crippen molar-refractivity contribution in [3.05, 3.63) is 175 Å². The minimum atomic E-state index is -0.0485. The molecule has 0 saturated heterocycles. The van der Waals surface area contributed by atoms with E-state index in [2.05, 4.69) is 182 Å². The summed E-state index contributed by atoms with van der Waals surface area (Å²) in [5.74, 6) is 0. The number of rotatable bonds is 4. The second kappa shape index (κ2) is 10.2. The molecular weight excluding hydrogens is 555 g/mol. The molecule has 0 radical (unpaired) electrons. The maximum absolute atomic E-state index is 2.46. The van der Waals surface area contributed by atoms with Crippen LogP contribution >= 0.6 is 0 Å². The van der Waals surface area contributed by atoms with Crippen LogP contribution in [-0.2, 0) is 5.41 Å². The lowest BCUT2D eigenvalue weighted by Crippen LogP contribution is -2.14. The zero-order valence-electron chi connectivity index (χ0n) is 26.0. The average Bonchev–Trinajstić information content (AvgIpc) is 3.57. The highest BCUT2D eigenvalue weighted by atomic mass is 15.0. The average molecular weight is 588 g/mol. The Morgan fingerprint density at radius 2 is 1.02 bits per heavy atom. The van der Waals surface area contributed by atoms with Crippen molar-refractivity contribution in [1.82, 2.24) is 4.57 Å². The van der Waals surface area contributed by atoms with Gasteiger partial charge in [0.15, 0.2) is 0 Å². The Morgan fingerprint density at radius 3 is 1.89 bits per heavy atom. The first-order chi connectivity index (χ1) is 22.6. The molecule has 0 spiro atoms. The molecule has 0 aliphatic heterocycles. The van der Waals surface area contributed by atoms with Crippen LogP contribution in [-0.4, -0.2) is 4.57 Å². The summed E-state index contributed by atoms with van der Waals surface area (Å²) < 4.78 is 2.46. The number of nitrogens with zero attached hydrogens (tertiary/aromatic N) is 1. The van der Waals surface area contributed by atoms with Gasteiger partial charge < -0.3 is 4.57 Å². The van der Waals surface area contributed by atoms with Gasteiger partial charge in [-0.15, -0.1) is 0 Å². The van der Waals surface area contributed by atoms with E-state index < -0.39 is 0 Å². The van der Waals surface area contributed by atoms with E-state index in [1.54, 1.807) is 0 Å². The fraction of sp³-hybridized carbons (Fsp3) is 0.0667. The third-order valence-electron chi connectivity index (χ3n) is 10.0. The van der Waals surface area contributed by atoms with E-state index in [1.165, 1.54) is 77.4 Å². The molecule has 7 aromatic carbocycles.